The summed E-state index contributed by atoms with van der Waals surface area (Å²) in [5, 5.41) is 4.38. The van der Waals surface area contributed by atoms with Crippen LogP contribution < -0.4 is 5.32 Å². The smallest absolute Gasteiger partial charge is 0.222 e. The number of hydrogen-bond donors (Lipinski definition) is 2. The molecule has 2 heterocycles. The van der Waals surface area contributed by atoms with Gasteiger partial charge >= 0.3 is 0 Å². The third-order valence-electron chi connectivity index (χ3n) is 4.94. The van der Waals surface area contributed by atoms with Crippen LogP contribution in [0.15, 0.2) is 60.8 Å². The van der Waals surface area contributed by atoms with Crippen molar-refractivity contribution in [2.75, 3.05) is 12.0 Å². The van der Waals surface area contributed by atoms with E-state index in [2.05, 4.69) is 44.3 Å². The Bertz CT molecular complexity index is 1050. The Balaban J connectivity index is 1.44. The third kappa shape index (κ3) is 4.07. The van der Waals surface area contributed by atoms with Crippen molar-refractivity contribution in [2.24, 2.45) is 0 Å². The monoisotopic (exact) mass is 392 g/mol. The van der Waals surface area contributed by atoms with Crippen molar-refractivity contribution in [3.8, 4) is 0 Å². The fourth-order valence-electron chi connectivity index (χ4n) is 3.47. The summed E-state index contributed by atoms with van der Waals surface area (Å²) in [5.74, 6) is 1.84. The molecule has 0 saturated heterocycles. The maximum Gasteiger partial charge on any atom is 0.222 e. The Labute approximate surface area is 168 Å². The molecule has 2 N–H and O–H groups in total. The first kappa shape index (κ1) is 18.6. The predicted octanol–water partition coefficient (Wildman–Crippen LogP) is 4.52. The van der Waals surface area contributed by atoms with E-state index in [4.69, 9.17) is 0 Å². The van der Waals surface area contributed by atoms with Crippen LogP contribution in [-0.4, -0.2) is 32.5 Å². The van der Waals surface area contributed by atoms with E-state index in [0.717, 1.165) is 34.5 Å². The molecule has 2 aromatic heterocycles. The van der Waals surface area contributed by atoms with Gasteiger partial charge in [-0.3, -0.25) is 4.79 Å². The number of carbonyl (C=O) groups excluding carboxylic acids is 1. The molecule has 0 aliphatic heterocycles. The minimum Gasteiger partial charge on any atom is -0.347 e. The summed E-state index contributed by atoms with van der Waals surface area (Å²) in [6.45, 7) is 0.661. The molecule has 1 unspecified atom stereocenters. The van der Waals surface area contributed by atoms with E-state index >= 15 is 0 Å². The number of imidazole rings is 1. The topological polar surface area (TPSA) is 62.7 Å². The molecule has 6 heteroatoms. The van der Waals surface area contributed by atoms with Crippen molar-refractivity contribution in [1.82, 2.24) is 19.9 Å². The molecular formula is C22H24N4OS. The van der Waals surface area contributed by atoms with Gasteiger partial charge in [0.05, 0.1) is 17.1 Å². The Morgan fingerprint density at radius 2 is 2.00 bits per heavy atom. The van der Waals surface area contributed by atoms with E-state index < -0.39 is 0 Å². The molecule has 0 fully saturated rings. The first-order chi connectivity index (χ1) is 13.7. The van der Waals surface area contributed by atoms with Gasteiger partial charge in [0.2, 0.25) is 5.91 Å². The van der Waals surface area contributed by atoms with E-state index in [9.17, 15) is 4.79 Å². The number of thioether (sulfide) groups is 1. The van der Waals surface area contributed by atoms with Crippen LogP contribution in [0, 0.1) is 0 Å². The van der Waals surface area contributed by atoms with Crippen LogP contribution in [0.2, 0.25) is 0 Å². The van der Waals surface area contributed by atoms with E-state index in [0.29, 0.717) is 13.0 Å². The van der Waals surface area contributed by atoms with Crippen molar-refractivity contribution in [3.63, 3.8) is 0 Å². The summed E-state index contributed by atoms with van der Waals surface area (Å²) < 4.78 is 2.13. The molecule has 0 aliphatic rings. The lowest BCUT2D eigenvalue weighted by atomic mass is 10.2. The van der Waals surface area contributed by atoms with Gasteiger partial charge in [-0.25, -0.2) is 4.98 Å². The highest BCUT2D eigenvalue weighted by Gasteiger charge is 2.18. The number of carbonyl (C=O) groups is 1. The van der Waals surface area contributed by atoms with E-state index in [1.54, 1.807) is 11.8 Å². The van der Waals surface area contributed by atoms with Crippen LogP contribution in [0.4, 0.5) is 0 Å². The van der Waals surface area contributed by atoms with Gasteiger partial charge in [0.15, 0.2) is 0 Å². The average molecular weight is 393 g/mol. The Morgan fingerprint density at radius 3 is 2.86 bits per heavy atom. The number of aromatic amines is 1. The predicted molar refractivity (Wildman–Crippen MR) is 117 cm³/mol. The van der Waals surface area contributed by atoms with E-state index in [1.165, 1.54) is 5.39 Å². The number of fused-ring (bicyclic) bond motifs is 2. The molecule has 4 aromatic rings. The zero-order valence-corrected chi connectivity index (χ0v) is 16.7. The molecule has 144 valence electrons. The Morgan fingerprint density at radius 1 is 1.18 bits per heavy atom. The Kier molecular flexibility index (Phi) is 5.67. The molecule has 28 heavy (non-hydrogen) atoms. The number of hydrogen-bond acceptors (Lipinski definition) is 3. The fourth-order valence-corrected chi connectivity index (χ4v) is 3.95. The number of benzene rings is 2. The normalized spacial score (nSPS) is 12.5. The van der Waals surface area contributed by atoms with Crippen LogP contribution >= 0.6 is 11.8 Å². The third-order valence-corrected chi connectivity index (χ3v) is 5.59. The van der Waals surface area contributed by atoms with E-state index in [1.807, 2.05) is 42.6 Å². The van der Waals surface area contributed by atoms with Crippen LogP contribution in [0.1, 0.15) is 24.7 Å². The van der Waals surface area contributed by atoms with E-state index in [-0.39, 0.29) is 11.9 Å². The number of nitrogens with zero attached hydrogens (tertiary/aromatic N) is 2. The second-order valence-electron chi connectivity index (χ2n) is 6.86. The highest BCUT2D eigenvalue weighted by molar-refractivity contribution is 7.98. The minimum atomic E-state index is -0.103. The lowest BCUT2D eigenvalue weighted by molar-refractivity contribution is -0.122. The maximum atomic E-state index is 12.7. The lowest BCUT2D eigenvalue weighted by Crippen LogP contribution is -2.30. The number of rotatable bonds is 8. The van der Waals surface area contributed by atoms with Crippen LogP contribution in [0.5, 0.6) is 0 Å². The first-order valence-corrected chi connectivity index (χ1v) is 10.9. The second kappa shape index (κ2) is 8.52. The molecule has 1 atom stereocenters. The standard InChI is InChI=1S/C22H24N4OS/c1-28-15-12-19(22-24-17-7-3-4-8-18(17)25-22)23-21(27)11-14-26-13-10-16-6-2-5-9-20(16)26/h2-10,13,19H,11-12,14-15H2,1H3,(H,23,27)(H,24,25). The van der Waals surface area contributed by atoms with Gasteiger partial charge in [-0.2, -0.15) is 11.8 Å². The zero-order chi connectivity index (χ0) is 19.3. The highest BCUT2D eigenvalue weighted by Crippen LogP contribution is 2.20. The van der Waals surface area contributed by atoms with Gasteiger partial charge in [0.25, 0.3) is 0 Å². The van der Waals surface area contributed by atoms with Crippen LogP contribution in [0.3, 0.4) is 0 Å². The number of aryl methyl sites for hydroxylation is 1. The van der Waals surface area contributed by atoms with Gasteiger partial charge in [-0.15, -0.1) is 0 Å². The summed E-state index contributed by atoms with van der Waals surface area (Å²) in [6.07, 6.45) is 5.41. The van der Waals surface area contributed by atoms with Crippen molar-refractivity contribution in [2.45, 2.75) is 25.4 Å². The minimum absolute atomic E-state index is 0.0457. The molecule has 0 radical (unpaired) electrons. The molecule has 0 saturated carbocycles. The quantitative estimate of drug-likeness (QED) is 0.463. The van der Waals surface area contributed by atoms with Gasteiger partial charge < -0.3 is 14.9 Å². The highest BCUT2D eigenvalue weighted by atomic mass is 32.2. The SMILES string of the molecule is CSCCC(NC(=O)CCn1ccc2ccccc21)c1nc2ccccc2[nH]1. The first-order valence-electron chi connectivity index (χ1n) is 9.51. The number of amides is 1. The molecule has 2 aromatic carbocycles. The zero-order valence-electron chi connectivity index (χ0n) is 15.9. The number of nitrogens with one attached hydrogen (secondary N) is 2. The van der Waals surface area contributed by atoms with Gasteiger partial charge in [0.1, 0.15) is 5.82 Å². The molecular weight excluding hydrogens is 368 g/mol. The Hall–Kier alpha value is -2.73. The van der Waals surface area contributed by atoms with Crippen molar-refractivity contribution in [3.05, 3.63) is 66.6 Å². The molecule has 1 amide bonds. The molecule has 5 nitrogen and oxygen atoms in total. The fraction of sp³-hybridized carbons (Fsp3) is 0.273. The summed E-state index contributed by atoms with van der Waals surface area (Å²) in [6, 6.07) is 18.2. The van der Waals surface area contributed by atoms with Crippen LogP contribution in [-0.2, 0) is 11.3 Å². The largest absolute Gasteiger partial charge is 0.347 e. The van der Waals surface area contributed by atoms with Gasteiger partial charge in [-0.1, -0.05) is 30.3 Å². The number of aromatic nitrogens is 3. The lowest BCUT2D eigenvalue weighted by Gasteiger charge is -2.16. The van der Waals surface area contributed by atoms with Crippen molar-refractivity contribution < 1.29 is 4.79 Å². The summed E-state index contributed by atoms with van der Waals surface area (Å²) in [4.78, 5) is 20.7. The molecule has 0 bridgehead atoms. The second-order valence-corrected chi connectivity index (χ2v) is 7.84. The van der Waals surface area contributed by atoms with Crippen molar-refractivity contribution >= 4 is 39.6 Å². The molecule has 4 rings (SSSR count). The summed E-state index contributed by atoms with van der Waals surface area (Å²) >= 11 is 1.77. The van der Waals surface area contributed by atoms with Gasteiger partial charge in [-0.05, 0) is 48.1 Å². The number of H-pyrrole nitrogens is 1. The molecule has 0 aliphatic carbocycles. The van der Waals surface area contributed by atoms with Gasteiger partial charge in [0, 0.05) is 24.7 Å². The van der Waals surface area contributed by atoms with Crippen molar-refractivity contribution in [1.29, 1.82) is 0 Å². The average Bonchev–Trinajstić information content (AvgIpc) is 3.33. The maximum absolute atomic E-state index is 12.7. The van der Waals surface area contributed by atoms with Crippen LogP contribution in [0.25, 0.3) is 21.9 Å². The summed E-state index contributed by atoms with van der Waals surface area (Å²) in [5.41, 5.74) is 3.09. The molecule has 0 spiro atoms. The number of para-hydroxylation sites is 3. The summed E-state index contributed by atoms with van der Waals surface area (Å²) in [7, 11) is 0.